The fourth-order valence-electron chi connectivity index (χ4n) is 2.13. The molecule has 1 fully saturated rings. The summed E-state index contributed by atoms with van der Waals surface area (Å²) in [6.07, 6.45) is -2.61. The van der Waals surface area contributed by atoms with E-state index in [1.165, 1.54) is 17.2 Å². The largest absolute Gasteiger partial charge is 0.394 e. The minimum Gasteiger partial charge on any atom is -0.394 e. The molecule has 4 atom stereocenters. The molecule has 0 radical (unpaired) electrons. The summed E-state index contributed by atoms with van der Waals surface area (Å²) in [6, 6.07) is 0. The van der Waals surface area contributed by atoms with Crippen molar-refractivity contribution in [2.24, 2.45) is 5.50 Å². The van der Waals surface area contributed by atoms with Crippen molar-refractivity contribution in [2.75, 3.05) is 12.3 Å². The van der Waals surface area contributed by atoms with Crippen molar-refractivity contribution in [2.45, 2.75) is 24.6 Å². The molecule has 1 unspecified atom stereocenters. The molecular weight excluding hydrogens is 334 g/mol. The van der Waals surface area contributed by atoms with Gasteiger partial charge in [-0.25, -0.2) is 19.3 Å². The highest BCUT2D eigenvalue weighted by atomic mass is 31.2. The highest BCUT2D eigenvalue weighted by Gasteiger charge is 2.45. The van der Waals surface area contributed by atoms with Crippen molar-refractivity contribution in [3.8, 4) is 0 Å². The van der Waals surface area contributed by atoms with Crippen LogP contribution in [0.1, 0.15) is 6.23 Å². The first-order valence-electron chi connectivity index (χ1n) is 6.30. The van der Waals surface area contributed by atoms with Gasteiger partial charge in [0.25, 0.3) is 0 Å². The number of nitrogens with zero attached hydrogens (tertiary/aromatic N) is 4. The Morgan fingerprint density at radius 3 is 2.57 bits per heavy atom. The average Bonchev–Trinajstić information content (AvgIpc) is 3.02. The number of aliphatic hydroxyl groups is 2. The highest BCUT2D eigenvalue weighted by Crippen LogP contribution is 2.33. The first-order valence-corrected chi connectivity index (χ1v) is 7.62. The van der Waals surface area contributed by atoms with Crippen LogP contribution in [0.2, 0.25) is 0 Å². The fraction of sp³-hybridized carbons (Fsp3) is 0.500. The number of fused-ring (bicyclic) bond motifs is 1. The second kappa shape index (κ2) is 7.36. The van der Waals surface area contributed by atoms with Crippen LogP contribution in [0, 0.1) is 0 Å². The second-order valence-electron chi connectivity index (χ2n) is 4.59. The van der Waals surface area contributed by atoms with Crippen molar-refractivity contribution < 1.29 is 29.1 Å². The Morgan fingerprint density at radius 2 is 2.00 bits per heavy atom. The van der Waals surface area contributed by atoms with Crippen LogP contribution < -0.4 is 11.2 Å². The molecule has 2 aromatic rings. The molecule has 2 aromatic heterocycles. The minimum absolute atomic E-state index is 0.177. The van der Waals surface area contributed by atoms with E-state index >= 15 is 0 Å². The van der Waals surface area contributed by atoms with Crippen molar-refractivity contribution in [3.05, 3.63) is 12.7 Å². The number of aromatic nitrogens is 4. The van der Waals surface area contributed by atoms with Crippen molar-refractivity contribution in [1.29, 1.82) is 0 Å². The molecule has 0 spiro atoms. The minimum atomic E-state index is -2.12. The number of hydrogen-bond donors (Lipinski definition) is 6. The first-order chi connectivity index (χ1) is 10.9. The van der Waals surface area contributed by atoms with E-state index in [-0.39, 0.29) is 5.82 Å². The van der Waals surface area contributed by atoms with E-state index in [1.807, 2.05) is 0 Å². The lowest BCUT2D eigenvalue weighted by atomic mass is 10.1. The maximum atomic E-state index is 14.0. The normalized spacial score (nSPS) is 27.3. The fourth-order valence-corrected chi connectivity index (χ4v) is 2.13. The van der Waals surface area contributed by atoms with Gasteiger partial charge in [0.2, 0.25) is 8.53 Å². The molecule has 0 amide bonds. The monoisotopic (exact) mass is 350 g/mol. The van der Waals surface area contributed by atoms with Gasteiger partial charge in [0, 0.05) is 0 Å². The molecule has 1 aliphatic rings. The lowest BCUT2D eigenvalue weighted by molar-refractivity contribution is -0.0459. The zero-order valence-corrected chi connectivity index (χ0v) is 12.5. The van der Waals surface area contributed by atoms with Gasteiger partial charge in [-0.15, -0.1) is 0 Å². The predicted molar refractivity (Wildman–Crippen MR) is 77.2 cm³/mol. The van der Waals surface area contributed by atoms with Gasteiger partial charge in [-0.3, -0.25) is 10.1 Å². The Bertz CT molecular complexity index is 657. The molecule has 3 rings (SSSR count). The first kappa shape index (κ1) is 17.8. The van der Waals surface area contributed by atoms with Crippen LogP contribution in [-0.2, 0) is 4.74 Å². The predicted octanol–water partition coefficient (Wildman–Crippen LogP) is -1.85. The van der Waals surface area contributed by atoms with Crippen molar-refractivity contribution in [1.82, 2.24) is 19.5 Å². The lowest BCUT2D eigenvalue weighted by Gasteiger charge is -2.14. The van der Waals surface area contributed by atoms with Gasteiger partial charge in [-0.05, 0) is 0 Å². The number of aliphatic hydroxyl groups excluding tert-OH is 2. The number of ether oxygens (including phenoxy) is 1. The number of hydrogen-bond acceptors (Lipinski definition) is 10. The number of anilines is 1. The van der Waals surface area contributed by atoms with E-state index in [1.54, 1.807) is 0 Å². The van der Waals surface area contributed by atoms with Crippen LogP contribution in [0.4, 0.5) is 10.2 Å². The van der Waals surface area contributed by atoms with Crippen LogP contribution in [0.3, 0.4) is 0 Å². The number of halogens is 1. The lowest BCUT2D eigenvalue weighted by Crippen LogP contribution is -2.30. The van der Waals surface area contributed by atoms with E-state index in [9.17, 15) is 9.50 Å². The zero-order valence-electron chi connectivity index (χ0n) is 11.6. The van der Waals surface area contributed by atoms with Gasteiger partial charge in [-0.1, -0.05) is 0 Å². The van der Waals surface area contributed by atoms with Gasteiger partial charge in [0.1, 0.15) is 24.1 Å². The Morgan fingerprint density at radius 1 is 1.35 bits per heavy atom. The Kier molecular flexibility index (Phi) is 5.70. The maximum Gasteiger partial charge on any atom is 0.247 e. The van der Waals surface area contributed by atoms with E-state index < -0.39 is 39.7 Å². The number of nitrogens with two attached hydrogens (primary N) is 2. The number of nitrogen functional groups attached to an aromatic ring is 1. The van der Waals surface area contributed by atoms with Crippen LogP contribution in [-0.4, -0.2) is 64.5 Å². The average molecular weight is 350 g/mol. The third-order valence-electron chi connectivity index (χ3n) is 3.13. The van der Waals surface area contributed by atoms with E-state index in [0.717, 1.165) is 0 Å². The summed E-state index contributed by atoms with van der Waals surface area (Å²) in [5.74, 6) is 0.177. The molecule has 128 valence electrons. The van der Waals surface area contributed by atoms with Crippen LogP contribution in [0.25, 0.3) is 11.2 Å². The van der Waals surface area contributed by atoms with Crippen molar-refractivity contribution in [3.63, 3.8) is 0 Å². The molecule has 1 aliphatic heterocycles. The molecule has 8 N–H and O–H groups in total. The summed E-state index contributed by atoms with van der Waals surface area (Å²) in [5.41, 5.74) is 10.6. The summed E-state index contributed by atoms with van der Waals surface area (Å²) in [7, 11) is -2.12. The van der Waals surface area contributed by atoms with Crippen molar-refractivity contribution >= 4 is 25.5 Å². The standard InChI is InChI=1S/C10H12FN5O3.H4NO2P/c11-5-7(18)4(1-17)19-10(5)16-3-15-6-8(12)13-2-14-9(6)16;1-4(2)3/h2-5,7,10,17-18H,1H2,(H2,12,13,14);2-3H,1H2/t4-,5?,7-,10-;/m1./s1. The van der Waals surface area contributed by atoms with Crippen LogP contribution in [0.5, 0.6) is 0 Å². The third kappa shape index (κ3) is 3.70. The topological polar surface area (TPSA) is 186 Å². The van der Waals surface area contributed by atoms with Crippen LogP contribution >= 0.6 is 8.53 Å². The quantitative estimate of drug-likeness (QED) is 0.336. The molecule has 3 heterocycles. The Labute approximate surface area is 130 Å². The second-order valence-corrected chi connectivity index (χ2v) is 5.23. The number of imidazole rings is 1. The molecule has 13 heteroatoms. The molecular formula is C10H16FN6O5P. The zero-order chi connectivity index (χ0) is 17.1. The molecule has 23 heavy (non-hydrogen) atoms. The highest BCUT2D eigenvalue weighted by molar-refractivity contribution is 7.42. The summed E-state index contributed by atoms with van der Waals surface area (Å²) in [5, 5.41) is 18.6. The van der Waals surface area contributed by atoms with Crippen LogP contribution in [0.15, 0.2) is 12.7 Å². The Balaban J connectivity index is 0.000000433. The van der Waals surface area contributed by atoms with Gasteiger partial charge in [0.05, 0.1) is 12.9 Å². The molecule has 0 saturated carbocycles. The van der Waals surface area contributed by atoms with Gasteiger partial charge >= 0.3 is 0 Å². The van der Waals surface area contributed by atoms with Gasteiger partial charge in [0.15, 0.2) is 23.9 Å². The van der Waals surface area contributed by atoms with E-state index in [4.69, 9.17) is 25.4 Å². The van der Waals surface area contributed by atoms with E-state index in [0.29, 0.717) is 11.2 Å². The summed E-state index contributed by atoms with van der Waals surface area (Å²) in [6.45, 7) is -0.470. The summed E-state index contributed by atoms with van der Waals surface area (Å²) < 4.78 is 20.6. The van der Waals surface area contributed by atoms with Gasteiger partial charge in [-0.2, -0.15) is 0 Å². The summed E-state index contributed by atoms with van der Waals surface area (Å²) in [4.78, 5) is 26.7. The molecule has 0 bridgehead atoms. The SMILES string of the molecule is NP(O)O.Nc1ncnc2c1ncn2[C@@H]1O[C@H](CO)[C@@H](O)C1F. The van der Waals surface area contributed by atoms with E-state index in [2.05, 4.69) is 20.5 Å². The smallest absolute Gasteiger partial charge is 0.247 e. The molecule has 0 aliphatic carbocycles. The molecule has 1 saturated heterocycles. The molecule has 11 nitrogen and oxygen atoms in total. The number of alkyl halides is 1. The Hall–Kier alpha value is -1.53. The summed E-state index contributed by atoms with van der Waals surface area (Å²) >= 11 is 0. The number of rotatable bonds is 2. The molecule has 0 aromatic carbocycles. The maximum absolute atomic E-state index is 14.0. The third-order valence-corrected chi connectivity index (χ3v) is 3.13. The van der Waals surface area contributed by atoms with Gasteiger partial charge < -0.3 is 30.5 Å².